The van der Waals surface area contributed by atoms with Gasteiger partial charge in [0.25, 0.3) is 0 Å². The third kappa shape index (κ3) is 1.11. The lowest BCUT2D eigenvalue weighted by atomic mass is 10.3. The Morgan fingerprint density at radius 2 is 1.83 bits per heavy atom. The molecule has 2 heteroatoms. The summed E-state index contributed by atoms with van der Waals surface area (Å²) in [5.41, 5.74) is -0.133. The summed E-state index contributed by atoms with van der Waals surface area (Å²) in [6, 6.07) is 0. The Balaban J connectivity index is 4.16. The van der Waals surface area contributed by atoms with Crippen molar-refractivity contribution in [3.63, 3.8) is 0 Å². The van der Waals surface area contributed by atoms with E-state index < -0.39 is 0 Å². The van der Waals surface area contributed by atoms with Crippen molar-refractivity contribution in [3.05, 3.63) is 31.4 Å². The van der Waals surface area contributed by atoms with Crippen LogP contribution in [0, 0.1) is 0 Å². The Hall–Kier alpha value is -1.57. The number of hydrogen-bond acceptors (Lipinski definition) is 1. The van der Waals surface area contributed by atoms with E-state index in [1.54, 1.807) is 6.08 Å². The number of hydrogen-bond donors (Lipinski definition) is 1. The van der Waals surface area contributed by atoms with Gasteiger partial charge in [0.05, 0.1) is 0 Å². The first-order chi connectivity index (χ1) is 5.57. The Bertz CT molecular complexity index is 551. The number of aromatic amines is 1. The van der Waals surface area contributed by atoms with Gasteiger partial charge < -0.3 is 4.98 Å². The molecule has 12 heavy (non-hydrogen) atoms. The minimum Gasteiger partial charge on any atom is -0.355 e. The normalized spacial score (nSPS) is 11.9. The molecule has 1 aromatic heterocycles. The zero-order valence-corrected chi connectivity index (χ0v) is 7.11. The van der Waals surface area contributed by atoms with E-state index in [-0.39, 0.29) is 5.43 Å². The minimum absolute atomic E-state index is 0.133. The standard InChI is InChI=1S/C10H11NO/c1-5-9-7(3)10(12)6(2)8(4)11-9/h5,11H,2-4H2,1H3. The maximum Gasteiger partial charge on any atom is 0.195 e. The topological polar surface area (TPSA) is 32.9 Å². The fourth-order valence-corrected chi connectivity index (χ4v) is 1.00. The van der Waals surface area contributed by atoms with Crippen LogP contribution in [0.15, 0.2) is 4.79 Å². The van der Waals surface area contributed by atoms with Gasteiger partial charge in [-0.2, -0.15) is 0 Å². The van der Waals surface area contributed by atoms with E-state index in [0.29, 0.717) is 15.8 Å². The van der Waals surface area contributed by atoms with Gasteiger partial charge >= 0.3 is 0 Å². The first kappa shape index (κ1) is 8.53. The predicted octanol–water partition coefficient (Wildman–Crippen LogP) is -1.59. The smallest absolute Gasteiger partial charge is 0.195 e. The van der Waals surface area contributed by atoms with Crippen LogP contribution in [0.25, 0.3) is 25.8 Å². The van der Waals surface area contributed by atoms with E-state index in [1.807, 2.05) is 6.92 Å². The second-order valence-electron chi connectivity index (χ2n) is 2.59. The number of pyridine rings is 1. The monoisotopic (exact) mass is 161 g/mol. The fraction of sp³-hybridized carbons (Fsp3) is 0.100. The Labute approximate surface area is 69.9 Å². The third-order valence-electron chi connectivity index (χ3n) is 1.81. The molecule has 62 valence electrons. The number of nitrogens with one attached hydrogen (secondary N) is 1. The Kier molecular flexibility index (Phi) is 2.00. The third-order valence-corrected chi connectivity index (χ3v) is 1.81. The predicted molar refractivity (Wildman–Crippen MR) is 52.3 cm³/mol. The molecule has 1 aromatic rings. The number of aromatic nitrogens is 1. The van der Waals surface area contributed by atoms with Crippen LogP contribution in [0.3, 0.4) is 0 Å². The quantitative estimate of drug-likeness (QED) is 0.489. The SMILES string of the molecule is C=c1[nH]c(=CC)c(=C)c(=O)c1=C. The van der Waals surface area contributed by atoms with E-state index in [4.69, 9.17) is 0 Å². The molecular weight excluding hydrogens is 150 g/mol. The molecule has 0 bridgehead atoms. The van der Waals surface area contributed by atoms with Gasteiger partial charge in [0.15, 0.2) is 5.43 Å². The minimum atomic E-state index is -0.133. The van der Waals surface area contributed by atoms with Gasteiger partial charge in [0, 0.05) is 21.1 Å². The average Bonchev–Trinajstić information content (AvgIpc) is 2.08. The van der Waals surface area contributed by atoms with E-state index >= 15 is 0 Å². The molecule has 0 atom stereocenters. The van der Waals surface area contributed by atoms with Crippen LogP contribution in [0.2, 0.25) is 0 Å². The summed E-state index contributed by atoms with van der Waals surface area (Å²) in [4.78, 5) is 14.3. The summed E-state index contributed by atoms with van der Waals surface area (Å²) in [6.45, 7) is 12.7. The van der Waals surface area contributed by atoms with Crippen LogP contribution >= 0.6 is 0 Å². The molecule has 1 N–H and O–H groups in total. The molecule has 0 aromatic carbocycles. The molecule has 0 fully saturated rings. The maximum absolute atomic E-state index is 11.4. The van der Waals surface area contributed by atoms with Crippen molar-refractivity contribution in [1.82, 2.24) is 4.98 Å². The fourth-order valence-electron chi connectivity index (χ4n) is 1.00. The van der Waals surface area contributed by atoms with Gasteiger partial charge in [-0.3, -0.25) is 4.79 Å². The summed E-state index contributed by atoms with van der Waals surface area (Å²) < 4.78 is 0. The second kappa shape index (κ2) is 2.81. The molecule has 1 heterocycles. The van der Waals surface area contributed by atoms with Gasteiger partial charge in [0.1, 0.15) is 0 Å². The summed E-state index contributed by atoms with van der Waals surface area (Å²) in [6.07, 6.45) is 1.79. The molecular formula is C10H11NO. The first-order valence-electron chi connectivity index (χ1n) is 3.63. The highest BCUT2D eigenvalue weighted by atomic mass is 16.1. The molecule has 2 nitrogen and oxygen atoms in total. The molecule has 0 spiro atoms. The van der Waals surface area contributed by atoms with Crippen LogP contribution in [0.5, 0.6) is 0 Å². The van der Waals surface area contributed by atoms with Crippen LogP contribution < -0.4 is 26.6 Å². The molecule has 0 unspecified atom stereocenters. The molecule has 0 aliphatic heterocycles. The Morgan fingerprint density at radius 1 is 1.25 bits per heavy atom. The van der Waals surface area contributed by atoms with Gasteiger partial charge in [-0.1, -0.05) is 25.8 Å². The molecule has 0 aliphatic rings. The largest absolute Gasteiger partial charge is 0.355 e. The number of H-pyrrole nitrogens is 1. The van der Waals surface area contributed by atoms with Crippen LogP contribution in [-0.4, -0.2) is 4.98 Å². The van der Waals surface area contributed by atoms with Crippen molar-refractivity contribution in [2.75, 3.05) is 0 Å². The maximum atomic E-state index is 11.4. The van der Waals surface area contributed by atoms with Crippen molar-refractivity contribution in [2.24, 2.45) is 0 Å². The van der Waals surface area contributed by atoms with Gasteiger partial charge in [-0.05, 0) is 6.92 Å². The van der Waals surface area contributed by atoms with Crippen molar-refractivity contribution in [3.8, 4) is 0 Å². The lowest BCUT2D eigenvalue weighted by molar-refractivity contribution is 1.12. The van der Waals surface area contributed by atoms with Gasteiger partial charge in [-0.15, -0.1) is 0 Å². The van der Waals surface area contributed by atoms with Crippen LogP contribution in [-0.2, 0) is 0 Å². The molecule has 0 saturated carbocycles. The summed E-state index contributed by atoms with van der Waals surface area (Å²) >= 11 is 0. The lowest BCUT2D eigenvalue weighted by Crippen LogP contribution is -2.55. The Morgan fingerprint density at radius 3 is 2.33 bits per heavy atom. The molecule has 0 saturated heterocycles. The van der Waals surface area contributed by atoms with E-state index in [2.05, 4.69) is 24.7 Å². The molecule has 0 radical (unpaired) electrons. The molecule has 0 amide bonds. The summed E-state index contributed by atoms with van der Waals surface area (Å²) in [5.74, 6) is 0. The number of rotatable bonds is 0. The van der Waals surface area contributed by atoms with E-state index in [0.717, 1.165) is 5.35 Å². The highest BCUT2D eigenvalue weighted by molar-refractivity contribution is 5.22. The first-order valence-corrected chi connectivity index (χ1v) is 3.63. The van der Waals surface area contributed by atoms with Gasteiger partial charge in [-0.25, -0.2) is 0 Å². The highest BCUT2D eigenvalue weighted by Crippen LogP contribution is 1.46. The summed E-state index contributed by atoms with van der Waals surface area (Å²) in [7, 11) is 0. The zero-order valence-electron chi connectivity index (χ0n) is 7.11. The molecule has 0 aliphatic carbocycles. The van der Waals surface area contributed by atoms with Crippen molar-refractivity contribution < 1.29 is 0 Å². The molecule has 1 rings (SSSR count). The van der Waals surface area contributed by atoms with E-state index in [1.165, 1.54) is 0 Å². The average molecular weight is 161 g/mol. The van der Waals surface area contributed by atoms with Crippen molar-refractivity contribution in [1.29, 1.82) is 0 Å². The summed E-state index contributed by atoms with van der Waals surface area (Å²) in [5, 5.41) is 2.12. The van der Waals surface area contributed by atoms with Crippen LogP contribution in [0.4, 0.5) is 0 Å². The highest BCUT2D eigenvalue weighted by Gasteiger charge is 1.90. The van der Waals surface area contributed by atoms with Crippen LogP contribution in [0.1, 0.15) is 6.92 Å². The zero-order chi connectivity index (χ0) is 9.30. The van der Waals surface area contributed by atoms with Crippen molar-refractivity contribution >= 4 is 25.8 Å². The van der Waals surface area contributed by atoms with Gasteiger partial charge in [0.2, 0.25) is 0 Å². The van der Waals surface area contributed by atoms with Crippen molar-refractivity contribution in [2.45, 2.75) is 6.92 Å². The second-order valence-corrected chi connectivity index (χ2v) is 2.59. The lowest BCUT2D eigenvalue weighted by Gasteiger charge is -1.89. The van der Waals surface area contributed by atoms with E-state index in [9.17, 15) is 4.79 Å².